The van der Waals surface area contributed by atoms with Crippen LogP contribution < -0.4 is 10.6 Å². The van der Waals surface area contributed by atoms with Crippen LogP contribution in [0.25, 0.3) is 0 Å². The molecular weight excluding hydrogens is 274 g/mol. The quantitative estimate of drug-likeness (QED) is 0.642. The Labute approximate surface area is 122 Å². The molecule has 0 spiro atoms. The normalized spacial score (nSPS) is 11.7. The standard InChI is InChI=1S/C12H19N7S/c1-8-9(2)20-11(17-8)6-15-12(13-3)14-5-10-18-16-7-19(10)4/h7H,5-6H2,1-4H3,(H2,13,14,15). The molecule has 0 aliphatic rings. The summed E-state index contributed by atoms with van der Waals surface area (Å²) in [6, 6.07) is 0. The summed E-state index contributed by atoms with van der Waals surface area (Å²) in [5, 5.41) is 15.3. The minimum Gasteiger partial charge on any atom is -0.350 e. The van der Waals surface area contributed by atoms with Crippen LogP contribution in [0.1, 0.15) is 21.4 Å². The second kappa shape index (κ2) is 6.47. The fourth-order valence-electron chi connectivity index (χ4n) is 1.62. The summed E-state index contributed by atoms with van der Waals surface area (Å²) >= 11 is 1.70. The van der Waals surface area contributed by atoms with Crippen LogP contribution in [0.15, 0.2) is 11.3 Å². The molecule has 8 heteroatoms. The Bertz CT molecular complexity index is 579. The fraction of sp³-hybridized carbons (Fsp3) is 0.500. The van der Waals surface area contributed by atoms with E-state index in [0.29, 0.717) is 13.1 Å². The third kappa shape index (κ3) is 3.53. The Kier molecular flexibility index (Phi) is 4.67. The largest absolute Gasteiger partial charge is 0.350 e. The van der Waals surface area contributed by atoms with E-state index in [2.05, 4.69) is 37.7 Å². The second-order valence-electron chi connectivity index (χ2n) is 4.39. The van der Waals surface area contributed by atoms with Gasteiger partial charge in [0, 0.05) is 19.0 Å². The van der Waals surface area contributed by atoms with Crippen LogP contribution in [0.5, 0.6) is 0 Å². The van der Waals surface area contributed by atoms with E-state index in [9.17, 15) is 0 Å². The molecule has 0 aliphatic heterocycles. The molecule has 0 atom stereocenters. The number of aliphatic imine (C=N–C) groups is 1. The van der Waals surface area contributed by atoms with E-state index in [1.165, 1.54) is 4.88 Å². The van der Waals surface area contributed by atoms with E-state index >= 15 is 0 Å². The highest BCUT2D eigenvalue weighted by atomic mass is 32.1. The maximum absolute atomic E-state index is 4.49. The lowest BCUT2D eigenvalue weighted by Crippen LogP contribution is -2.36. The summed E-state index contributed by atoms with van der Waals surface area (Å²) in [5.41, 5.74) is 1.09. The molecule has 0 saturated heterocycles. The van der Waals surface area contributed by atoms with Crippen LogP contribution in [0.4, 0.5) is 0 Å². The molecule has 2 heterocycles. The van der Waals surface area contributed by atoms with Crippen molar-refractivity contribution in [2.45, 2.75) is 26.9 Å². The lowest BCUT2D eigenvalue weighted by molar-refractivity contribution is 0.724. The summed E-state index contributed by atoms with van der Waals surface area (Å²) in [7, 11) is 3.65. The molecule has 0 saturated carbocycles. The number of hydrogen-bond donors (Lipinski definition) is 2. The number of nitrogens with one attached hydrogen (secondary N) is 2. The van der Waals surface area contributed by atoms with Crippen molar-refractivity contribution in [2.24, 2.45) is 12.0 Å². The minimum absolute atomic E-state index is 0.575. The van der Waals surface area contributed by atoms with Crippen molar-refractivity contribution in [3.63, 3.8) is 0 Å². The molecule has 2 aromatic rings. The van der Waals surface area contributed by atoms with Gasteiger partial charge in [0.1, 0.15) is 11.3 Å². The van der Waals surface area contributed by atoms with E-state index in [1.807, 2.05) is 18.5 Å². The number of nitrogens with zero attached hydrogens (tertiary/aromatic N) is 5. The first kappa shape index (κ1) is 14.4. The van der Waals surface area contributed by atoms with Crippen LogP contribution in [0.3, 0.4) is 0 Å². The predicted molar refractivity (Wildman–Crippen MR) is 79.6 cm³/mol. The average molecular weight is 293 g/mol. The highest BCUT2D eigenvalue weighted by Gasteiger charge is 2.06. The van der Waals surface area contributed by atoms with Gasteiger partial charge in [0.25, 0.3) is 0 Å². The number of aryl methyl sites for hydroxylation is 3. The third-order valence-electron chi connectivity index (χ3n) is 2.92. The number of rotatable bonds is 4. The molecule has 0 bridgehead atoms. The smallest absolute Gasteiger partial charge is 0.191 e. The molecule has 7 nitrogen and oxygen atoms in total. The van der Waals surface area contributed by atoms with Gasteiger partial charge in [-0.3, -0.25) is 4.99 Å². The Morgan fingerprint density at radius 1 is 1.35 bits per heavy atom. The van der Waals surface area contributed by atoms with Crippen molar-refractivity contribution in [1.29, 1.82) is 0 Å². The number of hydrogen-bond acceptors (Lipinski definition) is 5. The van der Waals surface area contributed by atoms with E-state index in [1.54, 1.807) is 24.7 Å². The molecule has 2 aromatic heterocycles. The van der Waals surface area contributed by atoms with E-state index in [-0.39, 0.29) is 0 Å². The Balaban J connectivity index is 1.85. The van der Waals surface area contributed by atoms with Gasteiger partial charge in [0.05, 0.1) is 18.8 Å². The molecule has 2 rings (SSSR count). The fourth-order valence-corrected chi connectivity index (χ4v) is 2.50. The first-order chi connectivity index (χ1) is 9.60. The Morgan fingerprint density at radius 2 is 2.10 bits per heavy atom. The second-order valence-corrected chi connectivity index (χ2v) is 5.67. The lowest BCUT2D eigenvalue weighted by Gasteiger charge is -2.10. The predicted octanol–water partition coefficient (Wildman–Crippen LogP) is 0.754. The molecule has 108 valence electrons. The lowest BCUT2D eigenvalue weighted by atomic mass is 10.4. The minimum atomic E-state index is 0.575. The first-order valence-electron chi connectivity index (χ1n) is 6.30. The van der Waals surface area contributed by atoms with Crippen molar-refractivity contribution < 1.29 is 0 Å². The maximum atomic E-state index is 4.49. The topological polar surface area (TPSA) is 80.0 Å². The van der Waals surface area contributed by atoms with Gasteiger partial charge in [-0.2, -0.15) is 0 Å². The van der Waals surface area contributed by atoms with Gasteiger partial charge in [-0.15, -0.1) is 21.5 Å². The molecule has 0 unspecified atom stereocenters. The first-order valence-corrected chi connectivity index (χ1v) is 7.12. The summed E-state index contributed by atoms with van der Waals surface area (Å²) in [6.07, 6.45) is 1.67. The number of guanidine groups is 1. The van der Waals surface area contributed by atoms with Crippen LogP contribution in [0, 0.1) is 13.8 Å². The van der Waals surface area contributed by atoms with Gasteiger partial charge >= 0.3 is 0 Å². The zero-order chi connectivity index (χ0) is 14.5. The van der Waals surface area contributed by atoms with E-state index < -0.39 is 0 Å². The zero-order valence-electron chi connectivity index (χ0n) is 12.1. The molecule has 0 aromatic carbocycles. The SMILES string of the molecule is CN=C(NCc1nc(C)c(C)s1)NCc1nncn1C. The summed E-state index contributed by atoms with van der Waals surface area (Å²) in [5.74, 6) is 1.58. The van der Waals surface area contributed by atoms with Gasteiger partial charge in [-0.1, -0.05) is 0 Å². The van der Waals surface area contributed by atoms with Crippen LogP contribution in [-0.4, -0.2) is 32.8 Å². The average Bonchev–Trinajstić information content (AvgIpc) is 2.97. The van der Waals surface area contributed by atoms with Crippen molar-refractivity contribution in [3.8, 4) is 0 Å². The van der Waals surface area contributed by atoms with Gasteiger partial charge in [0.15, 0.2) is 11.8 Å². The van der Waals surface area contributed by atoms with Gasteiger partial charge in [-0.05, 0) is 13.8 Å². The van der Waals surface area contributed by atoms with Gasteiger partial charge in [-0.25, -0.2) is 4.98 Å². The number of aromatic nitrogens is 4. The number of thiazole rings is 1. The zero-order valence-corrected chi connectivity index (χ0v) is 13.0. The highest BCUT2D eigenvalue weighted by Crippen LogP contribution is 2.15. The molecule has 0 fully saturated rings. The van der Waals surface area contributed by atoms with Crippen molar-refractivity contribution >= 4 is 17.3 Å². The van der Waals surface area contributed by atoms with Crippen LogP contribution >= 0.6 is 11.3 Å². The molecule has 20 heavy (non-hydrogen) atoms. The van der Waals surface area contributed by atoms with Crippen molar-refractivity contribution in [1.82, 2.24) is 30.4 Å². The summed E-state index contributed by atoms with van der Waals surface area (Å²) in [6.45, 7) is 5.35. The Hall–Kier alpha value is -1.96. The van der Waals surface area contributed by atoms with Gasteiger partial charge in [0.2, 0.25) is 0 Å². The molecule has 0 amide bonds. The molecule has 0 radical (unpaired) electrons. The molecule has 2 N–H and O–H groups in total. The van der Waals surface area contributed by atoms with Crippen molar-refractivity contribution in [2.75, 3.05) is 7.05 Å². The monoisotopic (exact) mass is 293 g/mol. The highest BCUT2D eigenvalue weighted by molar-refractivity contribution is 7.11. The van der Waals surface area contributed by atoms with Crippen molar-refractivity contribution in [3.05, 3.63) is 27.7 Å². The van der Waals surface area contributed by atoms with Crippen LogP contribution in [-0.2, 0) is 20.1 Å². The molecule has 0 aliphatic carbocycles. The summed E-state index contributed by atoms with van der Waals surface area (Å²) < 4.78 is 1.87. The van der Waals surface area contributed by atoms with E-state index in [0.717, 1.165) is 22.5 Å². The molecular formula is C12H19N7S. The Morgan fingerprint density at radius 3 is 2.65 bits per heavy atom. The van der Waals surface area contributed by atoms with Crippen LogP contribution in [0.2, 0.25) is 0 Å². The van der Waals surface area contributed by atoms with E-state index in [4.69, 9.17) is 0 Å². The maximum Gasteiger partial charge on any atom is 0.191 e. The summed E-state index contributed by atoms with van der Waals surface area (Å²) in [4.78, 5) is 9.92. The van der Waals surface area contributed by atoms with Gasteiger partial charge < -0.3 is 15.2 Å². The third-order valence-corrected chi connectivity index (χ3v) is 4.00.